The van der Waals surface area contributed by atoms with E-state index in [1.807, 2.05) is 6.92 Å². The molecule has 7 nitrogen and oxygen atoms in total. The quantitative estimate of drug-likeness (QED) is 0.548. The van der Waals surface area contributed by atoms with E-state index in [4.69, 9.17) is 4.74 Å². The third-order valence-corrected chi connectivity index (χ3v) is 4.77. The van der Waals surface area contributed by atoms with Crippen LogP contribution in [0.1, 0.15) is 24.2 Å². The van der Waals surface area contributed by atoms with Crippen LogP contribution in [-0.4, -0.2) is 41.0 Å². The number of rotatable bonds is 8. The van der Waals surface area contributed by atoms with E-state index in [1.54, 1.807) is 31.2 Å². The summed E-state index contributed by atoms with van der Waals surface area (Å²) in [4.78, 5) is 24.0. The van der Waals surface area contributed by atoms with E-state index in [1.165, 1.54) is 23.1 Å². The van der Waals surface area contributed by atoms with Crippen LogP contribution in [0.5, 0.6) is 0 Å². The third kappa shape index (κ3) is 5.20. The summed E-state index contributed by atoms with van der Waals surface area (Å²) in [5.41, 5.74) is 0.773. The number of amides is 1. The van der Waals surface area contributed by atoms with E-state index >= 15 is 0 Å². The minimum Gasteiger partial charge on any atom is -0.462 e. The number of carbonyl (C=O) groups excluding carboxylic acids is 2. The molecule has 0 aliphatic carbocycles. The molecule has 2 N–H and O–H groups in total. The summed E-state index contributed by atoms with van der Waals surface area (Å²) in [5, 5.41) is 14.5. The van der Waals surface area contributed by atoms with Crippen LogP contribution in [0.25, 0.3) is 0 Å². The molecule has 0 atom stereocenters. The van der Waals surface area contributed by atoms with E-state index in [-0.39, 0.29) is 18.3 Å². The fourth-order valence-corrected chi connectivity index (χ4v) is 3.40. The molecule has 1 amide bonds. The molecule has 0 unspecified atom stereocenters. The Labute approximate surface area is 148 Å². The second-order valence-electron chi connectivity index (χ2n) is 4.51. The summed E-state index contributed by atoms with van der Waals surface area (Å²) in [6.45, 7) is 4.76. The lowest BCUT2D eigenvalue weighted by Crippen LogP contribution is -2.17. The highest BCUT2D eigenvalue weighted by atomic mass is 32.2. The summed E-state index contributed by atoms with van der Waals surface area (Å²) in [6.07, 6.45) is 0. The molecule has 0 radical (unpaired) electrons. The van der Waals surface area contributed by atoms with Crippen LogP contribution in [0.4, 0.5) is 10.8 Å². The fourth-order valence-electron chi connectivity index (χ4n) is 1.78. The van der Waals surface area contributed by atoms with Gasteiger partial charge in [-0.15, -0.1) is 10.2 Å². The summed E-state index contributed by atoms with van der Waals surface area (Å²) in [7, 11) is 0. The van der Waals surface area contributed by atoms with Crippen molar-refractivity contribution in [2.24, 2.45) is 0 Å². The molecule has 1 aromatic carbocycles. The Balaban J connectivity index is 1.93. The van der Waals surface area contributed by atoms with Crippen molar-refractivity contribution in [3.63, 3.8) is 0 Å². The van der Waals surface area contributed by atoms with Gasteiger partial charge in [-0.3, -0.25) is 4.79 Å². The van der Waals surface area contributed by atoms with Gasteiger partial charge in [-0.1, -0.05) is 35.2 Å². The number of aromatic nitrogens is 2. The van der Waals surface area contributed by atoms with Gasteiger partial charge in [-0.25, -0.2) is 4.79 Å². The van der Waals surface area contributed by atoms with Gasteiger partial charge in [0.25, 0.3) is 0 Å². The molecule has 0 saturated carbocycles. The Hall–Kier alpha value is -2.13. The number of hydrogen-bond acceptors (Lipinski definition) is 8. The number of thioether (sulfide) groups is 1. The van der Waals surface area contributed by atoms with Crippen molar-refractivity contribution < 1.29 is 14.3 Å². The van der Waals surface area contributed by atoms with Gasteiger partial charge in [0.1, 0.15) is 0 Å². The molecule has 2 rings (SSSR count). The predicted octanol–water partition coefficient (Wildman–Crippen LogP) is 2.88. The van der Waals surface area contributed by atoms with E-state index in [9.17, 15) is 9.59 Å². The van der Waals surface area contributed by atoms with Crippen molar-refractivity contribution in [1.29, 1.82) is 0 Å². The first-order valence-corrected chi connectivity index (χ1v) is 9.20. The first-order chi connectivity index (χ1) is 11.6. The zero-order chi connectivity index (χ0) is 17.4. The molecule has 1 heterocycles. The van der Waals surface area contributed by atoms with Gasteiger partial charge in [-0.2, -0.15) is 0 Å². The molecule has 0 aliphatic heterocycles. The second-order valence-corrected chi connectivity index (χ2v) is 6.71. The summed E-state index contributed by atoms with van der Waals surface area (Å²) < 4.78 is 5.69. The topological polar surface area (TPSA) is 93.2 Å². The largest absolute Gasteiger partial charge is 0.462 e. The smallest absolute Gasteiger partial charge is 0.340 e. The van der Waals surface area contributed by atoms with Gasteiger partial charge in [0.05, 0.1) is 23.6 Å². The third-order valence-electron chi connectivity index (χ3n) is 2.76. The lowest BCUT2D eigenvalue weighted by Gasteiger charge is -2.09. The number of carbonyl (C=O) groups is 2. The first-order valence-electron chi connectivity index (χ1n) is 7.40. The molecule has 1 aromatic heterocycles. The number of para-hydroxylation sites is 1. The lowest BCUT2D eigenvalue weighted by molar-refractivity contribution is -0.113. The zero-order valence-electron chi connectivity index (χ0n) is 13.4. The van der Waals surface area contributed by atoms with Crippen LogP contribution in [-0.2, 0) is 9.53 Å². The number of nitrogens with one attached hydrogen (secondary N) is 2. The van der Waals surface area contributed by atoms with E-state index in [0.29, 0.717) is 15.6 Å². The monoisotopic (exact) mass is 366 g/mol. The Bertz CT molecular complexity index is 706. The van der Waals surface area contributed by atoms with E-state index in [2.05, 4.69) is 20.8 Å². The van der Waals surface area contributed by atoms with Crippen molar-refractivity contribution >= 4 is 45.8 Å². The molecule has 0 fully saturated rings. The molecular formula is C15H18N4O3S2. The van der Waals surface area contributed by atoms with Crippen LogP contribution < -0.4 is 10.6 Å². The van der Waals surface area contributed by atoms with Crippen LogP contribution in [0.3, 0.4) is 0 Å². The Kier molecular flexibility index (Phi) is 7.01. The molecule has 0 bridgehead atoms. The van der Waals surface area contributed by atoms with Crippen molar-refractivity contribution in [2.75, 3.05) is 29.5 Å². The minimum absolute atomic E-state index is 0.178. The Morgan fingerprint density at radius 3 is 2.79 bits per heavy atom. The van der Waals surface area contributed by atoms with Crippen molar-refractivity contribution in [1.82, 2.24) is 10.2 Å². The molecule has 0 spiro atoms. The number of benzene rings is 1. The summed E-state index contributed by atoms with van der Waals surface area (Å²) >= 11 is 2.69. The van der Waals surface area contributed by atoms with Crippen molar-refractivity contribution in [3.8, 4) is 0 Å². The SMILES string of the molecule is CCNc1nnc(SCC(=O)Nc2ccccc2C(=O)OCC)s1. The zero-order valence-corrected chi connectivity index (χ0v) is 15.0. The van der Waals surface area contributed by atoms with Crippen LogP contribution >= 0.6 is 23.1 Å². The van der Waals surface area contributed by atoms with Gasteiger partial charge in [0.15, 0.2) is 4.34 Å². The molecular weight excluding hydrogens is 348 g/mol. The van der Waals surface area contributed by atoms with Gasteiger partial charge < -0.3 is 15.4 Å². The number of anilines is 2. The van der Waals surface area contributed by atoms with Crippen LogP contribution in [0, 0.1) is 0 Å². The first kappa shape index (κ1) is 18.2. The van der Waals surface area contributed by atoms with E-state index < -0.39 is 5.97 Å². The predicted molar refractivity (Wildman–Crippen MR) is 95.8 cm³/mol. The highest BCUT2D eigenvalue weighted by Gasteiger charge is 2.14. The van der Waals surface area contributed by atoms with Crippen LogP contribution in [0.15, 0.2) is 28.6 Å². The van der Waals surface area contributed by atoms with Gasteiger partial charge in [0, 0.05) is 6.54 Å². The van der Waals surface area contributed by atoms with Gasteiger partial charge in [-0.05, 0) is 26.0 Å². The number of nitrogens with zero attached hydrogens (tertiary/aromatic N) is 2. The average molecular weight is 366 g/mol. The van der Waals surface area contributed by atoms with E-state index in [0.717, 1.165) is 11.7 Å². The number of hydrogen-bond donors (Lipinski definition) is 2. The Morgan fingerprint density at radius 2 is 2.04 bits per heavy atom. The standard InChI is InChI=1S/C15H18N4O3S2/c1-3-16-14-18-19-15(24-14)23-9-12(20)17-11-8-6-5-7-10(11)13(21)22-4-2/h5-8H,3-4,9H2,1-2H3,(H,16,18)(H,17,20). The van der Waals surface area contributed by atoms with Crippen molar-refractivity contribution in [2.45, 2.75) is 18.2 Å². The molecule has 128 valence electrons. The van der Waals surface area contributed by atoms with Crippen molar-refractivity contribution in [3.05, 3.63) is 29.8 Å². The van der Waals surface area contributed by atoms with Crippen LogP contribution in [0.2, 0.25) is 0 Å². The molecule has 2 aromatic rings. The van der Waals surface area contributed by atoms with Gasteiger partial charge >= 0.3 is 5.97 Å². The summed E-state index contributed by atoms with van der Waals surface area (Å²) in [5.74, 6) is -0.504. The molecule has 0 aliphatic rings. The molecule has 9 heteroatoms. The molecule has 0 saturated heterocycles. The minimum atomic E-state index is -0.458. The number of ether oxygens (including phenoxy) is 1. The highest BCUT2D eigenvalue weighted by molar-refractivity contribution is 8.01. The second kappa shape index (κ2) is 9.24. The molecule has 24 heavy (non-hydrogen) atoms. The number of esters is 1. The highest BCUT2D eigenvalue weighted by Crippen LogP contribution is 2.25. The maximum atomic E-state index is 12.1. The summed E-state index contributed by atoms with van der Waals surface area (Å²) in [6, 6.07) is 6.76. The lowest BCUT2D eigenvalue weighted by atomic mass is 10.2. The fraction of sp³-hybridized carbons (Fsp3) is 0.333. The normalized spacial score (nSPS) is 10.2. The maximum Gasteiger partial charge on any atom is 0.340 e. The average Bonchev–Trinajstić information content (AvgIpc) is 3.02. The van der Waals surface area contributed by atoms with Gasteiger partial charge in [0.2, 0.25) is 11.0 Å². The Morgan fingerprint density at radius 1 is 1.25 bits per heavy atom. The maximum absolute atomic E-state index is 12.1.